The molecule has 5 nitrogen and oxygen atoms in total. The van der Waals surface area contributed by atoms with Gasteiger partial charge in [-0.3, -0.25) is 9.59 Å². The van der Waals surface area contributed by atoms with Crippen molar-refractivity contribution in [2.45, 2.75) is 12.7 Å². The Labute approximate surface area is 196 Å². The summed E-state index contributed by atoms with van der Waals surface area (Å²) < 4.78 is 5.40. The number of hydrogen-bond acceptors (Lipinski definition) is 5. The van der Waals surface area contributed by atoms with E-state index in [4.69, 9.17) is 4.74 Å². The molecule has 1 N–H and O–H groups in total. The van der Waals surface area contributed by atoms with E-state index in [9.17, 15) is 9.59 Å². The highest BCUT2D eigenvalue weighted by molar-refractivity contribution is 7.99. The number of carbonyl (C=O) groups is 2. The van der Waals surface area contributed by atoms with Gasteiger partial charge in [-0.25, -0.2) is 0 Å². The van der Waals surface area contributed by atoms with Crippen molar-refractivity contribution >= 4 is 39.9 Å². The van der Waals surface area contributed by atoms with Crippen molar-refractivity contribution < 1.29 is 14.3 Å². The maximum Gasteiger partial charge on any atom is 0.257 e. The highest BCUT2D eigenvalue weighted by atomic mass is 32.2. The molecule has 4 rings (SSSR count). The first kappa shape index (κ1) is 22.6. The van der Waals surface area contributed by atoms with Crippen molar-refractivity contribution in [3.8, 4) is 10.4 Å². The number of ether oxygens (including phenoxy) is 1. The molecule has 0 saturated carbocycles. The third-order valence-corrected chi connectivity index (χ3v) is 7.55. The minimum absolute atomic E-state index is 0.0449. The maximum atomic E-state index is 13.4. The van der Waals surface area contributed by atoms with Crippen LogP contribution in [-0.4, -0.2) is 48.8 Å². The van der Waals surface area contributed by atoms with Crippen molar-refractivity contribution in [1.29, 1.82) is 0 Å². The van der Waals surface area contributed by atoms with Crippen LogP contribution in [0.3, 0.4) is 0 Å². The van der Waals surface area contributed by atoms with Crippen LogP contribution in [0, 0.1) is 6.92 Å². The van der Waals surface area contributed by atoms with Gasteiger partial charge in [-0.2, -0.15) is 0 Å². The van der Waals surface area contributed by atoms with Gasteiger partial charge in [-0.1, -0.05) is 60.7 Å². The number of carbonyl (C=O) groups excluding carboxylic acids is 2. The smallest absolute Gasteiger partial charge is 0.257 e. The SMILES string of the molecule is Cc1c(-c2ccccc2)sc(NC(=O)CSCc2ccccc2)c1C(=O)N1CCOCC1. The molecule has 2 amide bonds. The molecule has 0 spiro atoms. The number of thioether (sulfide) groups is 1. The molecule has 7 heteroatoms. The Morgan fingerprint density at radius 2 is 1.69 bits per heavy atom. The van der Waals surface area contributed by atoms with Gasteiger partial charge < -0.3 is 15.0 Å². The van der Waals surface area contributed by atoms with Gasteiger partial charge >= 0.3 is 0 Å². The van der Waals surface area contributed by atoms with Crippen molar-refractivity contribution in [2.24, 2.45) is 0 Å². The van der Waals surface area contributed by atoms with Crippen LogP contribution < -0.4 is 5.32 Å². The second-order valence-corrected chi connectivity index (χ2v) is 9.56. The van der Waals surface area contributed by atoms with Crippen LogP contribution in [0.2, 0.25) is 0 Å². The zero-order valence-corrected chi connectivity index (χ0v) is 19.6. The highest BCUT2D eigenvalue weighted by Crippen LogP contribution is 2.40. The summed E-state index contributed by atoms with van der Waals surface area (Å²) in [6.45, 7) is 4.17. The number of nitrogens with zero attached hydrogens (tertiary/aromatic N) is 1. The van der Waals surface area contributed by atoms with E-state index in [1.807, 2.05) is 60.4 Å². The lowest BCUT2D eigenvalue weighted by Crippen LogP contribution is -2.41. The van der Waals surface area contributed by atoms with E-state index < -0.39 is 0 Å². The summed E-state index contributed by atoms with van der Waals surface area (Å²) in [6.07, 6.45) is 0. The van der Waals surface area contributed by atoms with Crippen molar-refractivity contribution in [2.75, 3.05) is 37.4 Å². The fraction of sp³-hybridized carbons (Fsp3) is 0.280. The third kappa shape index (κ3) is 5.41. The van der Waals surface area contributed by atoms with Gasteiger partial charge in [0, 0.05) is 23.7 Å². The number of nitrogens with one attached hydrogen (secondary N) is 1. The summed E-state index contributed by atoms with van der Waals surface area (Å²) in [5.41, 5.74) is 3.74. The second kappa shape index (κ2) is 10.8. The fourth-order valence-electron chi connectivity index (χ4n) is 3.65. The van der Waals surface area contributed by atoms with E-state index >= 15 is 0 Å². The lowest BCUT2D eigenvalue weighted by Gasteiger charge is -2.27. The number of benzene rings is 2. The summed E-state index contributed by atoms with van der Waals surface area (Å²) in [5, 5.41) is 3.66. The molecule has 2 heterocycles. The molecule has 1 aliphatic rings. The zero-order valence-electron chi connectivity index (χ0n) is 18.0. The average Bonchev–Trinajstić information content (AvgIpc) is 3.16. The first-order valence-electron chi connectivity index (χ1n) is 10.6. The minimum Gasteiger partial charge on any atom is -0.378 e. The Kier molecular flexibility index (Phi) is 7.63. The Balaban J connectivity index is 1.53. The maximum absolute atomic E-state index is 13.4. The molecule has 166 valence electrons. The molecule has 3 aromatic rings. The molecule has 32 heavy (non-hydrogen) atoms. The van der Waals surface area contributed by atoms with Crippen LogP contribution in [0.1, 0.15) is 21.5 Å². The molecule has 1 saturated heterocycles. The molecule has 0 aliphatic carbocycles. The van der Waals surface area contributed by atoms with Gasteiger partial charge in [0.1, 0.15) is 5.00 Å². The third-order valence-electron chi connectivity index (χ3n) is 5.29. The van der Waals surface area contributed by atoms with Gasteiger partial charge in [0.2, 0.25) is 5.91 Å². The van der Waals surface area contributed by atoms with Crippen LogP contribution in [0.15, 0.2) is 60.7 Å². The number of rotatable bonds is 7. The zero-order chi connectivity index (χ0) is 22.3. The predicted octanol–water partition coefficient (Wildman–Crippen LogP) is 5.07. The number of anilines is 1. The summed E-state index contributed by atoms with van der Waals surface area (Å²) in [6, 6.07) is 20.1. The minimum atomic E-state index is -0.0946. The monoisotopic (exact) mass is 466 g/mol. The molecular formula is C25H26N2O3S2. The standard InChI is InChI=1S/C25H26N2O3S2/c1-18-22(25(29)27-12-14-30-15-13-27)24(32-23(18)20-10-6-3-7-11-20)26-21(28)17-31-16-19-8-4-2-5-9-19/h2-11H,12-17H2,1H3,(H,26,28). The van der Waals surface area contributed by atoms with E-state index in [2.05, 4.69) is 17.4 Å². The van der Waals surface area contributed by atoms with Crippen molar-refractivity contribution in [3.05, 3.63) is 77.4 Å². The van der Waals surface area contributed by atoms with E-state index in [0.29, 0.717) is 42.6 Å². The first-order chi connectivity index (χ1) is 15.6. The Morgan fingerprint density at radius 1 is 1.03 bits per heavy atom. The van der Waals surface area contributed by atoms with Crippen LogP contribution in [0.25, 0.3) is 10.4 Å². The topological polar surface area (TPSA) is 58.6 Å². The van der Waals surface area contributed by atoms with Crippen molar-refractivity contribution in [3.63, 3.8) is 0 Å². The molecule has 1 aromatic heterocycles. The molecule has 0 bridgehead atoms. The summed E-state index contributed by atoms with van der Waals surface area (Å²) in [4.78, 5) is 28.9. The van der Waals surface area contributed by atoms with Crippen molar-refractivity contribution in [1.82, 2.24) is 4.90 Å². The Morgan fingerprint density at radius 3 is 2.38 bits per heavy atom. The largest absolute Gasteiger partial charge is 0.378 e. The molecule has 0 unspecified atom stereocenters. The van der Waals surface area contributed by atoms with Crippen LogP contribution in [-0.2, 0) is 15.3 Å². The lowest BCUT2D eigenvalue weighted by molar-refractivity contribution is -0.113. The number of morpholine rings is 1. The Hall–Kier alpha value is -2.61. The van der Waals surface area contributed by atoms with Crippen LogP contribution >= 0.6 is 23.1 Å². The first-order valence-corrected chi connectivity index (χ1v) is 12.6. The molecule has 2 aromatic carbocycles. The molecule has 0 atom stereocenters. The highest BCUT2D eigenvalue weighted by Gasteiger charge is 2.27. The molecule has 0 radical (unpaired) electrons. The molecule has 1 aliphatic heterocycles. The quantitative estimate of drug-likeness (QED) is 0.528. The lowest BCUT2D eigenvalue weighted by atomic mass is 10.1. The van der Waals surface area contributed by atoms with E-state index in [-0.39, 0.29) is 11.8 Å². The summed E-state index contributed by atoms with van der Waals surface area (Å²) in [5.74, 6) is 0.962. The van der Waals surface area contributed by atoms with E-state index in [1.165, 1.54) is 16.9 Å². The molecule has 1 fully saturated rings. The van der Waals surface area contributed by atoms with Gasteiger partial charge in [0.05, 0.1) is 24.5 Å². The summed E-state index contributed by atoms with van der Waals surface area (Å²) in [7, 11) is 0. The fourth-order valence-corrected chi connectivity index (χ4v) is 5.66. The Bertz CT molecular complexity index is 1060. The summed E-state index contributed by atoms with van der Waals surface area (Å²) >= 11 is 3.03. The van der Waals surface area contributed by atoms with Crippen LogP contribution in [0.4, 0.5) is 5.00 Å². The molecular weight excluding hydrogens is 440 g/mol. The normalized spacial score (nSPS) is 13.7. The number of amides is 2. The van der Waals surface area contributed by atoms with E-state index in [0.717, 1.165) is 21.8 Å². The van der Waals surface area contributed by atoms with Gasteiger partial charge in [0.25, 0.3) is 5.91 Å². The second-order valence-electron chi connectivity index (χ2n) is 7.56. The number of hydrogen-bond donors (Lipinski definition) is 1. The number of thiophene rings is 1. The van der Waals surface area contributed by atoms with Gasteiger partial charge in [0.15, 0.2) is 0 Å². The predicted molar refractivity (Wildman–Crippen MR) is 132 cm³/mol. The van der Waals surface area contributed by atoms with Gasteiger partial charge in [-0.15, -0.1) is 23.1 Å². The average molecular weight is 467 g/mol. The van der Waals surface area contributed by atoms with Crippen LogP contribution in [0.5, 0.6) is 0 Å². The van der Waals surface area contributed by atoms with Gasteiger partial charge in [-0.05, 0) is 23.6 Å². The van der Waals surface area contributed by atoms with E-state index in [1.54, 1.807) is 11.8 Å².